The van der Waals surface area contributed by atoms with E-state index in [-0.39, 0.29) is 11.4 Å². The lowest BCUT2D eigenvalue weighted by atomic mass is 9.68. The van der Waals surface area contributed by atoms with Crippen LogP contribution in [0.1, 0.15) is 32.1 Å². The first kappa shape index (κ1) is 11.2. The smallest absolute Gasteiger partial charge is 0.315 e. The van der Waals surface area contributed by atoms with Gasteiger partial charge in [-0.15, -0.1) is 0 Å². The number of rotatable bonds is 2. The highest BCUT2D eigenvalue weighted by molar-refractivity contribution is 5.79. The lowest BCUT2D eigenvalue weighted by Crippen LogP contribution is -2.60. The average Bonchev–Trinajstić information content (AvgIpc) is 3.05. The number of hydrogen-bond acceptors (Lipinski definition) is 4. The van der Waals surface area contributed by atoms with Crippen LogP contribution in [0.25, 0.3) is 0 Å². The maximum atomic E-state index is 12.5. The van der Waals surface area contributed by atoms with Gasteiger partial charge in [0.15, 0.2) is 0 Å². The van der Waals surface area contributed by atoms with Crippen LogP contribution in [0.2, 0.25) is 0 Å². The summed E-state index contributed by atoms with van der Waals surface area (Å²) in [6, 6.07) is 1.95. The highest BCUT2D eigenvalue weighted by Crippen LogP contribution is 2.55. The third-order valence-corrected chi connectivity index (χ3v) is 5.78. The summed E-state index contributed by atoms with van der Waals surface area (Å²) in [6.45, 7) is 1.82. The molecule has 3 aliphatic heterocycles. The molecule has 0 amide bonds. The zero-order chi connectivity index (χ0) is 12.3. The monoisotopic (exact) mass is 250 g/mol. The predicted octanol–water partition coefficient (Wildman–Crippen LogP) is 0.764. The normalized spacial score (nSPS) is 47.1. The fourth-order valence-corrected chi connectivity index (χ4v) is 4.95. The molecule has 1 saturated carbocycles. The van der Waals surface area contributed by atoms with Gasteiger partial charge in [-0.3, -0.25) is 9.69 Å². The van der Waals surface area contributed by atoms with E-state index < -0.39 is 0 Å². The van der Waals surface area contributed by atoms with Crippen molar-refractivity contribution in [1.82, 2.24) is 10.2 Å². The van der Waals surface area contributed by atoms with E-state index in [0.717, 1.165) is 25.2 Å². The molecule has 100 valence electrons. The van der Waals surface area contributed by atoms with Crippen LogP contribution in [-0.4, -0.2) is 49.2 Å². The molecule has 4 atom stereocenters. The summed E-state index contributed by atoms with van der Waals surface area (Å²) in [5, 5.41) is 3.46. The van der Waals surface area contributed by atoms with E-state index >= 15 is 0 Å². The van der Waals surface area contributed by atoms with Crippen LogP contribution in [0.4, 0.5) is 0 Å². The number of nitrogens with zero attached hydrogens (tertiary/aromatic N) is 1. The number of nitrogens with one attached hydrogen (secondary N) is 1. The van der Waals surface area contributed by atoms with Crippen molar-refractivity contribution in [1.29, 1.82) is 0 Å². The Morgan fingerprint density at radius 2 is 2.06 bits per heavy atom. The highest BCUT2D eigenvalue weighted by Gasteiger charge is 2.64. The molecule has 4 nitrogen and oxygen atoms in total. The second-order valence-electron chi connectivity index (χ2n) is 6.52. The second-order valence-corrected chi connectivity index (χ2v) is 6.52. The van der Waals surface area contributed by atoms with Crippen LogP contribution in [0.15, 0.2) is 0 Å². The molecule has 4 aliphatic rings. The largest absolute Gasteiger partial charge is 0.468 e. The van der Waals surface area contributed by atoms with Crippen molar-refractivity contribution in [3.63, 3.8) is 0 Å². The molecule has 0 radical (unpaired) electrons. The summed E-state index contributed by atoms with van der Waals surface area (Å²) in [4.78, 5) is 15.2. The molecule has 4 heteroatoms. The van der Waals surface area contributed by atoms with Crippen LogP contribution >= 0.6 is 0 Å². The molecule has 3 saturated heterocycles. The molecule has 3 heterocycles. The molecular weight excluding hydrogens is 228 g/mol. The summed E-state index contributed by atoms with van der Waals surface area (Å²) in [5.41, 5.74) is -0.246. The van der Waals surface area contributed by atoms with Crippen LogP contribution in [0.5, 0.6) is 0 Å². The molecule has 18 heavy (non-hydrogen) atoms. The molecular formula is C14H22N2O2. The zero-order valence-corrected chi connectivity index (χ0v) is 11.0. The standard InChI is InChI=1S/C14H22N2O2/c1-18-13(17)14-8-15-7-9(14)6-11-4-5-12(14)16(11)10-2-3-10/h9-12,15H,2-8H2,1H3. The van der Waals surface area contributed by atoms with Crippen molar-refractivity contribution < 1.29 is 9.53 Å². The zero-order valence-electron chi connectivity index (χ0n) is 11.0. The van der Waals surface area contributed by atoms with E-state index in [1.807, 2.05) is 0 Å². The summed E-state index contributed by atoms with van der Waals surface area (Å²) in [5.74, 6) is 0.533. The van der Waals surface area contributed by atoms with Gasteiger partial charge >= 0.3 is 5.97 Å². The molecule has 1 N–H and O–H groups in total. The van der Waals surface area contributed by atoms with Crippen LogP contribution in [-0.2, 0) is 9.53 Å². The minimum Gasteiger partial charge on any atom is -0.468 e. The number of fused-ring (bicyclic) bond motifs is 4. The molecule has 0 aromatic heterocycles. The minimum atomic E-state index is -0.246. The number of carbonyl (C=O) groups is 1. The molecule has 2 bridgehead atoms. The maximum absolute atomic E-state index is 12.5. The van der Waals surface area contributed by atoms with Gasteiger partial charge in [0.25, 0.3) is 0 Å². The third kappa shape index (κ3) is 1.26. The van der Waals surface area contributed by atoms with Crippen molar-refractivity contribution in [2.45, 2.75) is 50.2 Å². The first-order valence-electron chi connectivity index (χ1n) is 7.34. The van der Waals surface area contributed by atoms with Gasteiger partial charge in [0, 0.05) is 24.7 Å². The molecule has 4 rings (SSSR count). The van der Waals surface area contributed by atoms with Crippen molar-refractivity contribution in [3.8, 4) is 0 Å². The molecule has 4 fully saturated rings. The molecule has 0 spiro atoms. The molecule has 1 aliphatic carbocycles. The van der Waals surface area contributed by atoms with Crippen LogP contribution in [0.3, 0.4) is 0 Å². The van der Waals surface area contributed by atoms with E-state index in [0.29, 0.717) is 12.0 Å². The number of carbonyl (C=O) groups excluding carboxylic acids is 1. The van der Waals surface area contributed by atoms with Gasteiger partial charge in [-0.1, -0.05) is 0 Å². The molecule has 4 unspecified atom stereocenters. The van der Waals surface area contributed by atoms with Gasteiger partial charge in [-0.25, -0.2) is 0 Å². The van der Waals surface area contributed by atoms with Crippen molar-refractivity contribution in [3.05, 3.63) is 0 Å². The topological polar surface area (TPSA) is 41.6 Å². The predicted molar refractivity (Wildman–Crippen MR) is 67.1 cm³/mol. The maximum Gasteiger partial charge on any atom is 0.315 e. The van der Waals surface area contributed by atoms with E-state index in [1.165, 1.54) is 32.1 Å². The third-order valence-electron chi connectivity index (χ3n) is 5.78. The Morgan fingerprint density at radius 3 is 2.78 bits per heavy atom. The average molecular weight is 250 g/mol. The number of esters is 1. The van der Waals surface area contributed by atoms with Crippen LogP contribution in [0, 0.1) is 11.3 Å². The number of piperidine rings is 1. The van der Waals surface area contributed by atoms with Gasteiger partial charge in [-0.2, -0.15) is 0 Å². The Labute approximate surface area is 108 Å². The quantitative estimate of drug-likeness (QED) is 0.735. The van der Waals surface area contributed by atoms with E-state index in [9.17, 15) is 4.79 Å². The molecule has 0 aromatic carbocycles. The lowest BCUT2D eigenvalue weighted by molar-refractivity contribution is -0.163. The Hall–Kier alpha value is -0.610. The van der Waals surface area contributed by atoms with Gasteiger partial charge in [0.2, 0.25) is 0 Å². The SMILES string of the molecule is COC(=O)C12CNCC1CC1CCC2N1C1CC1. The molecule has 0 aromatic rings. The number of ether oxygens (including phenoxy) is 1. The first-order chi connectivity index (χ1) is 8.77. The highest BCUT2D eigenvalue weighted by atomic mass is 16.5. The van der Waals surface area contributed by atoms with Crippen molar-refractivity contribution in [2.75, 3.05) is 20.2 Å². The van der Waals surface area contributed by atoms with Crippen molar-refractivity contribution >= 4 is 5.97 Å². The Morgan fingerprint density at radius 1 is 1.28 bits per heavy atom. The number of methoxy groups -OCH3 is 1. The van der Waals surface area contributed by atoms with Crippen LogP contribution < -0.4 is 5.32 Å². The van der Waals surface area contributed by atoms with Gasteiger partial charge < -0.3 is 10.1 Å². The van der Waals surface area contributed by atoms with E-state index in [2.05, 4.69) is 10.2 Å². The Kier molecular flexibility index (Phi) is 2.31. The summed E-state index contributed by atoms with van der Waals surface area (Å²) < 4.78 is 5.19. The Bertz CT molecular complexity index is 382. The van der Waals surface area contributed by atoms with Gasteiger partial charge in [-0.05, 0) is 44.6 Å². The number of hydrogen-bond donors (Lipinski definition) is 1. The van der Waals surface area contributed by atoms with Gasteiger partial charge in [0.05, 0.1) is 12.5 Å². The summed E-state index contributed by atoms with van der Waals surface area (Å²) in [7, 11) is 1.55. The summed E-state index contributed by atoms with van der Waals surface area (Å²) >= 11 is 0. The first-order valence-corrected chi connectivity index (χ1v) is 7.34. The Balaban J connectivity index is 1.74. The van der Waals surface area contributed by atoms with E-state index in [4.69, 9.17) is 4.74 Å². The fraction of sp³-hybridized carbons (Fsp3) is 0.929. The van der Waals surface area contributed by atoms with Crippen molar-refractivity contribution in [2.24, 2.45) is 11.3 Å². The fourth-order valence-electron chi connectivity index (χ4n) is 4.95. The van der Waals surface area contributed by atoms with E-state index in [1.54, 1.807) is 7.11 Å². The summed E-state index contributed by atoms with van der Waals surface area (Å²) in [6.07, 6.45) is 6.34. The second kappa shape index (κ2) is 3.70. The minimum absolute atomic E-state index is 0.0356. The lowest BCUT2D eigenvalue weighted by Gasteiger charge is -2.48. The van der Waals surface area contributed by atoms with Gasteiger partial charge in [0.1, 0.15) is 0 Å².